The molecule has 6 rings (SSSR count). The molecule has 2 amide bonds. The predicted molar refractivity (Wildman–Crippen MR) is 115 cm³/mol. The molecule has 32 heavy (non-hydrogen) atoms. The summed E-state index contributed by atoms with van der Waals surface area (Å²) in [5.74, 6) is -0.538. The van der Waals surface area contributed by atoms with Gasteiger partial charge in [0.25, 0.3) is 0 Å². The van der Waals surface area contributed by atoms with Crippen LogP contribution in [-0.4, -0.2) is 63.7 Å². The van der Waals surface area contributed by atoms with Crippen molar-refractivity contribution in [1.29, 1.82) is 0 Å². The van der Waals surface area contributed by atoms with Crippen LogP contribution in [0.1, 0.15) is 37.9 Å². The average Bonchev–Trinajstić information content (AvgIpc) is 3.48. The van der Waals surface area contributed by atoms with E-state index in [0.29, 0.717) is 27.7 Å². The molecule has 1 saturated heterocycles. The van der Waals surface area contributed by atoms with Gasteiger partial charge in [-0.15, -0.1) is 0 Å². The van der Waals surface area contributed by atoms with Crippen LogP contribution in [0.2, 0.25) is 0 Å². The third kappa shape index (κ3) is 2.79. The number of nitrogens with one attached hydrogen (secondary N) is 1. The summed E-state index contributed by atoms with van der Waals surface area (Å²) in [4.78, 5) is 32.6. The SMILES string of the molecule is [2H]C([2H])([2H])C([2H])(O)C([2H])([2H])N1CC(=O)N2[C@H](c3ccc4c(c3)OCO4)c3[nH]c4ccccc4c3C[C@@H]2C1=O. The van der Waals surface area contributed by atoms with Crippen molar-refractivity contribution in [2.75, 3.05) is 19.8 Å². The molecule has 1 aromatic heterocycles. The fourth-order valence-electron chi connectivity index (χ4n) is 4.92. The average molecular weight is 440 g/mol. The molecule has 2 N–H and O–H groups in total. The first kappa shape index (κ1) is 13.8. The molecule has 3 atom stereocenters. The van der Waals surface area contributed by atoms with Crippen LogP contribution in [0, 0.1) is 0 Å². The normalized spacial score (nSPS) is 27.4. The second kappa shape index (κ2) is 7.00. The number of benzene rings is 2. The van der Waals surface area contributed by atoms with E-state index in [1.165, 1.54) is 4.90 Å². The van der Waals surface area contributed by atoms with Gasteiger partial charge in [0.2, 0.25) is 18.6 Å². The molecule has 3 aliphatic rings. The van der Waals surface area contributed by atoms with E-state index in [2.05, 4.69) is 4.98 Å². The summed E-state index contributed by atoms with van der Waals surface area (Å²) in [5, 5.41) is 11.2. The van der Waals surface area contributed by atoms with Crippen LogP contribution in [0.4, 0.5) is 0 Å². The number of piperazine rings is 1. The second-order valence-electron chi connectivity index (χ2n) is 7.98. The second-order valence-corrected chi connectivity index (χ2v) is 7.98. The third-order valence-electron chi connectivity index (χ3n) is 6.22. The minimum Gasteiger partial charge on any atom is -0.454 e. The van der Waals surface area contributed by atoms with E-state index < -0.39 is 49.9 Å². The minimum atomic E-state index is -3.67. The molecule has 1 fully saturated rings. The molecule has 0 aliphatic carbocycles. The number of nitrogens with zero attached hydrogens (tertiary/aromatic N) is 2. The van der Waals surface area contributed by atoms with E-state index in [4.69, 9.17) is 17.7 Å². The zero-order valence-electron chi connectivity index (χ0n) is 22.8. The maximum atomic E-state index is 13.8. The fourth-order valence-corrected chi connectivity index (χ4v) is 4.92. The van der Waals surface area contributed by atoms with Crippen molar-refractivity contribution in [3.8, 4) is 11.5 Å². The number of rotatable bonds is 3. The standard InChI is InChI=1S/C24H23N3O5/c1-13(28)10-26-11-21(29)27-18(24(26)30)9-16-15-4-2-3-5-17(15)25-22(16)23(27)14-6-7-19-20(8-14)32-12-31-19/h2-8,13,18,23,25,28H,9-12H2,1H3/t13?,18-,23-/m1/s1/i1D3,10D2,13D. The lowest BCUT2D eigenvalue weighted by molar-refractivity contribution is -0.159. The van der Waals surface area contributed by atoms with Gasteiger partial charge in [0.05, 0.1) is 22.8 Å². The summed E-state index contributed by atoms with van der Waals surface area (Å²) in [7, 11) is 0. The Morgan fingerprint density at radius 2 is 2.12 bits per heavy atom. The monoisotopic (exact) mass is 439 g/mol. The molecule has 8 nitrogen and oxygen atoms in total. The number of amides is 2. The Balaban J connectivity index is 1.49. The van der Waals surface area contributed by atoms with Crippen molar-refractivity contribution in [2.45, 2.75) is 31.4 Å². The maximum absolute atomic E-state index is 13.8. The first-order valence-electron chi connectivity index (χ1n) is 13.2. The number of carbonyl (C=O) groups is 2. The number of aromatic nitrogens is 1. The molecule has 1 unspecified atom stereocenters. The predicted octanol–water partition coefficient (Wildman–Crippen LogP) is 1.96. The Bertz CT molecular complexity index is 1490. The van der Waals surface area contributed by atoms with Crippen molar-refractivity contribution in [1.82, 2.24) is 14.8 Å². The maximum Gasteiger partial charge on any atom is 0.246 e. The van der Waals surface area contributed by atoms with E-state index in [9.17, 15) is 14.7 Å². The molecule has 0 bridgehead atoms. The number of aliphatic hydroxyl groups is 1. The van der Waals surface area contributed by atoms with Gasteiger partial charge in [-0.05, 0) is 36.2 Å². The molecule has 3 aliphatic heterocycles. The van der Waals surface area contributed by atoms with Gasteiger partial charge in [-0.25, -0.2) is 0 Å². The third-order valence-corrected chi connectivity index (χ3v) is 6.22. The zero-order valence-corrected chi connectivity index (χ0v) is 16.8. The van der Waals surface area contributed by atoms with Gasteiger partial charge in [-0.1, -0.05) is 24.3 Å². The number of hydrogen-bond acceptors (Lipinski definition) is 5. The highest BCUT2D eigenvalue weighted by molar-refractivity contribution is 5.97. The summed E-state index contributed by atoms with van der Waals surface area (Å²) in [6.45, 7) is -7.67. The number of H-pyrrole nitrogens is 1. The van der Waals surface area contributed by atoms with Gasteiger partial charge in [0.1, 0.15) is 6.04 Å². The summed E-state index contributed by atoms with van der Waals surface area (Å²) >= 11 is 0. The summed E-state index contributed by atoms with van der Waals surface area (Å²) in [6.07, 6.45) is -3.64. The lowest BCUT2D eigenvalue weighted by atomic mass is 9.86. The number of aromatic amines is 1. The van der Waals surface area contributed by atoms with Crippen LogP contribution in [0.3, 0.4) is 0 Å². The van der Waals surface area contributed by atoms with Crippen molar-refractivity contribution in [2.24, 2.45) is 0 Å². The number of carbonyl (C=O) groups excluding carboxylic acids is 2. The van der Waals surface area contributed by atoms with Gasteiger partial charge < -0.3 is 29.4 Å². The molecule has 4 heterocycles. The summed E-state index contributed by atoms with van der Waals surface area (Å²) < 4.78 is 57.9. The zero-order chi connectivity index (χ0) is 27.2. The molecule has 0 saturated carbocycles. The molecule has 3 aromatic rings. The quantitative estimate of drug-likeness (QED) is 0.651. The number of β-amino-alcohol motifs (C(OH)–C–C–N with tert-alkyl or cyclic N) is 1. The molecule has 2 aromatic carbocycles. The fraction of sp³-hybridized carbons (Fsp3) is 0.333. The molecule has 0 spiro atoms. The first-order valence-corrected chi connectivity index (χ1v) is 10.2. The van der Waals surface area contributed by atoms with Crippen molar-refractivity contribution in [3.63, 3.8) is 0 Å². The molecular weight excluding hydrogens is 410 g/mol. The highest BCUT2D eigenvalue weighted by Crippen LogP contribution is 2.44. The molecule has 164 valence electrons. The highest BCUT2D eigenvalue weighted by atomic mass is 16.7. The minimum absolute atomic E-state index is 0.0295. The molecule has 0 radical (unpaired) electrons. The van der Waals surface area contributed by atoms with Crippen LogP contribution in [0.5, 0.6) is 11.5 Å². The first-order chi connectivity index (χ1) is 17.8. The number of para-hydroxylation sites is 1. The van der Waals surface area contributed by atoms with Gasteiger partial charge in [0.15, 0.2) is 11.5 Å². The van der Waals surface area contributed by atoms with E-state index >= 15 is 0 Å². The van der Waals surface area contributed by atoms with Crippen molar-refractivity contribution >= 4 is 22.7 Å². The number of hydrogen-bond donors (Lipinski definition) is 2. The largest absolute Gasteiger partial charge is 0.454 e. The van der Waals surface area contributed by atoms with Gasteiger partial charge in [0, 0.05) is 33.6 Å². The van der Waals surface area contributed by atoms with Crippen LogP contribution in [0.15, 0.2) is 42.5 Å². The van der Waals surface area contributed by atoms with Gasteiger partial charge >= 0.3 is 0 Å². The van der Waals surface area contributed by atoms with Crippen LogP contribution in [0.25, 0.3) is 10.9 Å². The van der Waals surface area contributed by atoms with Gasteiger partial charge in [-0.3, -0.25) is 9.59 Å². The topological polar surface area (TPSA) is 95.1 Å². The lowest BCUT2D eigenvalue weighted by Gasteiger charge is -2.47. The Morgan fingerprint density at radius 1 is 1.28 bits per heavy atom. The van der Waals surface area contributed by atoms with E-state index in [-0.39, 0.29) is 13.2 Å². The number of fused-ring (bicyclic) bond motifs is 5. The Labute approximate surface area is 192 Å². The van der Waals surface area contributed by atoms with Crippen molar-refractivity contribution < 1.29 is 32.4 Å². The lowest BCUT2D eigenvalue weighted by Crippen LogP contribution is -2.63. The Hall–Kier alpha value is -3.52. The Kier molecular flexibility index (Phi) is 3.02. The number of ether oxygens (including phenoxy) is 2. The molecule has 8 heteroatoms. The smallest absolute Gasteiger partial charge is 0.246 e. The van der Waals surface area contributed by atoms with E-state index in [0.717, 1.165) is 16.5 Å². The Morgan fingerprint density at radius 3 is 3.00 bits per heavy atom. The van der Waals surface area contributed by atoms with Gasteiger partial charge in [-0.2, -0.15) is 0 Å². The summed E-state index contributed by atoms with van der Waals surface area (Å²) in [5.41, 5.74) is 2.87. The summed E-state index contributed by atoms with van der Waals surface area (Å²) in [6, 6.07) is 10.7. The van der Waals surface area contributed by atoms with Crippen LogP contribution in [-0.2, 0) is 16.0 Å². The van der Waals surface area contributed by atoms with E-state index in [1.54, 1.807) is 18.2 Å². The highest BCUT2D eigenvalue weighted by Gasteiger charge is 2.48. The van der Waals surface area contributed by atoms with Crippen molar-refractivity contribution in [3.05, 3.63) is 59.3 Å². The van der Waals surface area contributed by atoms with E-state index in [1.807, 2.05) is 24.3 Å². The van der Waals surface area contributed by atoms with Crippen LogP contribution < -0.4 is 9.47 Å². The van der Waals surface area contributed by atoms with Crippen LogP contribution >= 0.6 is 0 Å². The molecular formula is C24H23N3O5.